The zero-order valence-electron chi connectivity index (χ0n) is 8.74. The van der Waals surface area contributed by atoms with Gasteiger partial charge in [0, 0.05) is 13.1 Å². The Kier molecular flexibility index (Phi) is 12.0. The monoisotopic (exact) mass is 244 g/mol. The Labute approximate surface area is 99.1 Å². The number of hydrogen-bond donors (Lipinski definition) is 2. The smallest absolute Gasteiger partial charge is 0.0558 e. The fraction of sp³-hybridized carbons (Fsp3) is 1.00. The van der Waals surface area contributed by atoms with Crippen LogP contribution in [0.3, 0.4) is 0 Å². The van der Waals surface area contributed by atoms with Gasteiger partial charge in [0.2, 0.25) is 0 Å². The number of aliphatic hydroxyl groups excluding tert-OH is 1. The van der Waals surface area contributed by atoms with Crippen LogP contribution in [0.4, 0.5) is 0 Å². The van der Waals surface area contributed by atoms with Gasteiger partial charge in [-0.2, -0.15) is 0 Å². The first-order valence-corrected chi connectivity index (χ1v) is 4.83. The average molecular weight is 245 g/mol. The summed E-state index contributed by atoms with van der Waals surface area (Å²) in [6.07, 6.45) is 2.57. The number of hydrogen-bond acceptors (Lipinski definition) is 3. The molecule has 0 atom stereocenters. The maximum atomic E-state index is 8.71. The number of aliphatic hydroxyl groups is 1. The highest BCUT2D eigenvalue weighted by Gasteiger charge is 2.14. The number of likely N-dealkylation sites (N-methyl/N-ethyl adjacent to an activating group) is 1. The normalized spacial score (nSPS) is 17.4. The lowest BCUT2D eigenvalue weighted by molar-refractivity contribution is 0.189. The van der Waals surface area contributed by atoms with Gasteiger partial charge in [-0.05, 0) is 38.9 Å². The summed E-state index contributed by atoms with van der Waals surface area (Å²) in [5.74, 6) is 0.836. The average Bonchev–Trinajstić information content (AvgIpc) is 2.06. The molecule has 0 bridgehead atoms. The molecule has 0 aliphatic carbocycles. The maximum absolute atomic E-state index is 8.71. The van der Waals surface area contributed by atoms with E-state index in [1.807, 2.05) is 0 Å². The minimum atomic E-state index is 0. The third-order valence-electron chi connectivity index (χ3n) is 2.51. The molecule has 0 spiro atoms. The standard InChI is InChI=1S/C9H20N2O.2ClH/c1-11(6-7-12)8-9-2-4-10-5-3-9;;/h9-10,12H,2-8H2,1H3;2*1H. The van der Waals surface area contributed by atoms with E-state index in [4.69, 9.17) is 5.11 Å². The van der Waals surface area contributed by atoms with E-state index >= 15 is 0 Å². The molecule has 0 aromatic carbocycles. The van der Waals surface area contributed by atoms with E-state index in [0.29, 0.717) is 0 Å². The van der Waals surface area contributed by atoms with Gasteiger partial charge in [0.05, 0.1) is 6.61 Å². The number of nitrogens with one attached hydrogen (secondary N) is 1. The van der Waals surface area contributed by atoms with Crippen molar-refractivity contribution in [3.8, 4) is 0 Å². The Hall–Kier alpha value is 0.460. The lowest BCUT2D eigenvalue weighted by atomic mass is 9.98. The largest absolute Gasteiger partial charge is 0.395 e. The Bertz CT molecular complexity index is 121. The fourth-order valence-electron chi connectivity index (χ4n) is 1.77. The Morgan fingerprint density at radius 1 is 1.29 bits per heavy atom. The van der Waals surface area contributed by atoms with Crippen molar-refractivity contribution in [3.63, 3.8) is 0 Å². The number of rotatable bonds is 4. The molecule has 0 aromatic heterocycles. The Balaban J connectivity index is 0. The van der Waals surface area contributed by atoms with Crippen LogP contribution in [0.5, 0.6) is 0 Å². The lowest BCUT2D eigenvalue weighted by Gasteiger charge is -2.26. The lowest BCUT2D eigenvalue weighted by Crippen LogP contribution is -2.35. The van der Waals surface area contributed by atoms with E-state index in [-0.39, 0.29) is 31.4 Å². The molecule has 0 radical (unpaired) electrons. The van der Waals surface area contributed by atoms with E-state index < -0.39 is 0 Å². The highest BCUT2D eigenvalue weighted by molar-refractivity contribution is 5.85. The van der Waals surface area contributed by atoms with E-state index in [2.05, 4.69) is 17.3 Å². The zero-order valence-corrected chi connectivity index (χ0v) is 10.4. The van der Waals surface area contributed by atoms with Crippen LogP contribution in [-0.2, 0) is 0 Å². The van der Waals surface area contributed by atoms with Gasteiger partial charge >= 0.3 is 0 Å². The number of halogens is 2. The molecule has 14 heavy (non-hydrogen) atoms. The summed E-state index contributed by atoms with van der Waals surface area (Å²) in [5, 5.41) is 12.1. The van der Waals surface area contributed by atoms with Crippen molar-refractivity contribution >= 4 is 24.8 Å². The molecule has 0 saturated carbocycles. The van der Waals surface area contributed by atoms with Crippen LogP contribution in [0, 0.1) is 5.92 Å². The minimum absolute atomic E-state index is 0. The fourth-order valence-corrected chi connectivity index (χ4v) is 1.77. The van der Waals surface area contributed by atoms with Crippen LogP contribution in [0.25, 0.3) is 0 Å². The minimum Gasteiger partial charge on any atom is -0.395 e. The van der Waals surface area contributed by atoms with E-state index in [1.54, 1.807) is 0 Å². The van der Waals surface area contributed by atoms with Gasteiger partial charge in [-0.1, -0.05) is 0 Å². The van der Waals surface area contributed by atoms with Crippen molar-refractivity contribution < 1.29 is 5.11 Å². The molecule has 1 aliphatic heterocycles. The Morgan fingerprint density at radius 2 is 1.86 bits per heavy atom. The molecule has 5 heteroatoms. The van der Waals surface area contributed by atoms with Crippen molar-refractivity contribution in [2.24, 2.45) is 5.92 Å². The number of piperidine rings is 1. The van der Waals surface area contributed by atoms with Gasteiger partial charge in [0.25, 0.3) is 0 Å². The van der Waals surface area contributed by atoms with Crippen LogP contribution < -0.4 is 5.32 Å². The van der Waals surface area contributed by atoms with Gasteiger partial charge < -0.3 is 15.3 Å². The summed E-state index contributed by atoms with van der Waals surface area (Å²) < 4.78 is 0. The quantitative estimate of drug-likeness (QED) is 0.767. The molecular formula is C9H22Cl2N2O. The SMILES string of the molecule is CN(CCO)CC1CCNCC1.Cl.Cl. The van der Waals surface area contributed by atoms with Crippen molar-refractivity contribution in [1.29, 1.82) is 0 Å². The molecule has 0 unspecified atom stereocenters. The summed E-state index contributed by atoms with van der Waals surface area (Å²) >= 11 is 0. The summed E-state index contributed by atoms with van der Waals surface area (Å²) in [7, 11) is 2.08. The van der Waals surface area contributed by atoms with Gasteiger partial charge in [0.15, 0.2) is 0 Å². The number of nitrogens with zero attached hydrogens (tertiary/aromatic N) is 1. The first-order chi connectivity index (χ1) is 5.83. The van der Waals surface area contributed by atoms with Crippen molar-refractivity contribution in [3.05, 3.63) is 0 Å². The second-order valence-electron chi connectivity index (χ2n) is 3.68. The third kappa shape index (κ3) is 6.85. The third-order valence-corrected chi connectivity index (χ3v) is 2.51. The molecule has 0 aromatic rings. The Morgan fingerprint density at radius 3 is 2.36 bits per heavy atom. The van der Waals surface area contributed by atoms with Crippen LogP contribution in [0.15, 0.2) is 0 Å². The second-order valence-corrected chi connectivity index (χ2v) is 3.68. The first-order valence-electron chi connectivity index (χ1n) is 4.83. The van der Waals surface area contributed by atoms with Gasteiger partial charge in [-0.3, -0.25) is 0 Å². The van der Waals surface area contributed by atoms with Crippen LogP contribution in [0.1, 0.15) is 12.8 Å². The van der Waals surface area contributed by atoms with Crippen LogP contribution in [-0.4, -0.2) is 49.8 Å². The van der Waals surface area contributed by atoms with E-state index in [1.165, 1.54) is 12.8 Å². The molecule has 1 heterocycles. The van der Waals surface area contributed by atoms with Gasteiger partial charge in [-0.15, -0.1) is 24.8 Å². The van der Waals surface area contributed by atoms with Gasteiger partial charge in [0.1, 0.15) is 0 Å². The highest BCUT2D eigenvalue weighted by atomic mass is 35.5. The van der Waals surface area contributed by atoms with E-state index in [9.17, 15) is 0 Å². The molecule has 1 saturated heterocycles. The molecule has 88 valence electrons. The molecule has 0 amide bonds. The zero-order chi connectivity index (χ0) is 8.81. The summed E-state index contributed by atoms with van der Waals surface area (Å²) in [4.78, 5) is 2.22. The van der Waals surface area contributed by atoms with Gasteiger partial charge in [-0.25, -0.2) is 0 Å². The molecule has 1 rings (SSSR count). The predicted molar refractivity (Wildman–Crippen MR) is 64.7 cm³/mol. The van der Waals surface area contributed by atoms with Crippen LogP contribution in [0.2, 0.25) is 0 Å². The molecule has 2 N–H and O–H groups in total. The topological polar surface area (TPSA) is 35.5 Å². The predicted octanol–water partition coefficient (Wildman–Crippen LogP) is 0.754. The second kappa shape index (κ2) is 9.99. The first kappa shape index (κ1) is 16.9. The summed E-state index contributed by atoms with van der Waals surface area (Å²) in [6, 6.07) is 0. The van der Waals surface area contributed by atoms with E-state index in [0.717, 1.165) is 32.1 Å². The summed E-state index contributed by atoms with van der Waals surface area (Å²) in [6.45, 7) is 4.56. The maximum Gasteiger partial charge on any atom is 0.0558 e. The highest BCUT2D eigenvalue weighted by Crippen LogP contribution is 2.12. The molecule has 1 aliphatic rings. The molecule has 3 nitrogen and oxygen atoms in total. The molecular weight excluding hydrogens is 223 g/mol. The van der Waals surface area contributed by atoms with Crippen molar-refractivity contribution in [2.75, 3.05) is 39.8 Å². The van der Waals surface area contributed by atoms with Crippen molar-refractivity contribution in [1.82, 2.24) is 10.2 Å². The van der Waals surface area contributed by atoms with Crippen molar-refractivity contribution in [2.45, 2.75) is 12.8 Å². The molecule has 1 fully saturated rings. The summed E-state index contributed by atoms with van der Waals surface area (Å²) in [5.41, 5.74) is 0. The van der Waals surface area contributed by atoms with Crippen LogP contribution >= 0.6 is 24.8 Å².